The molecule has 1 aliphatic rings. The number of nitriles is 1. The van der Waals surface area contributed by atoms with Crippen LogP contribution in [0.15, 0.2) is 30.5 Å². The van der Waals surface area contributed by atoms with E-state index in [-0.39, 0.29) is 6.04 Å². The lowest BCUT2D eigenvalue weighted by Crippen LogP contribution is -2.51. The van der Waals surface area contributed by atoms with Gasteiger partial charge in [-0.2, -0.15) is 5.26 Å². The molecule has 8 heteroatoms. The molecule has 1 fully saturated rings. The number of sulfone groups is 1. The van der Waals surface area contributed by atoms with Gasteiger partial charge in [0.05, 0.1) is 11.1 Å². The van der Waals surface area contributed by atoms with Gasteiger partial charge in [0, 0.05) is 42.7 Å². The van der Waals surface area contributed by atoms with Crippen LogP contribution in [-0.4, -0.2) is 50.4 Å². The minimum absolute atomic E-state index is 0.134. The Kier molecular flexibility index (Phi) is 5.33. The van der Waals surface area contributed by atoms with Crippen molar-refractivity contribution in [2.45, 2.75) is 19.4 Å². The first-order valence-electron chi connectivity index (χ1n) is 8.76. The number of amides is 1. The number of pyridine rings is 1. The summed E-state index contributed by atoms with van der Waals surface area (Å²) < 4.78 is 22.7. The molecule has 0 aliphatic carbocycles. The predicted octanol–water partition coefficient (Wildman–Crippen LogP) is 1.48. The molecule has 3 rings (SSSR count). The molecular weight excluding hydrogens is 364 g/mol. The second-order valence-electron chi connectivity index (χ2n) is 7.22. The Morgan fingerprint density at radius 2 is 2.15 bits per heavy atom. The summed E-state index contributed by atoms with van der Waals surface area (Å²) >= 11 is 0. The van der Waals surface area contributed by atoms with Crippen LogP contribution >= 0.6 is 0 Å². The first kappa shape index (κ1) is 19.1. The second kappa shape index (κ2) is 7.53. The molecule has 1 aromatic heterocycles. The third-order valence-corrected chi connectivity index (χ3v) is 5.41. The van der Waals surface area contributed by atoms with Gasteiger partial charge in [-0.25, -0.2) is 8.42 Å². The predicted molar refractivity (Wildman–Crippen MR) is 104 cm³/mol. The number of rotatable bonds is 4. The third-order valence-electron chi connectivity index (χ3n) is 4.63. The van der Waals surface area contributed by atoms with Gasteiger partial charge in [-0.15, -0.1) is 0 Å². The van der Waals surface area contributed by atoms with Crippen molar-refractivity contribution in [1.82, 2.24) is 10.3 Å². The van der Waals surface area contributed by atoms with Crippen molar-refractivity contribution in [2.24, 2.45) is 5.92 Å². The summed E-state index contributed by atoms with van der Waals surface area (Å²) in [7, 11) is -3.35. The molecule has 1 N–H and O–H groups in total. The van der Waals surface area contributed by atoms with Gasteiger partial charge in [0.1, 0.15) is 11.8 Å². The van der Waals surface area contributed by atoms with Gasteiger partial charge in [0.2, 0.25) is 5.91 Å². The first-order chi connectivity index (χ1) is 12.8. The van der Waals surface area contributed by atoms with Crippen LogP contribution in [-0.2, 0) is 14.6 Å². The number of nitrogens with zero attached hydrogens (tertiary/aromatic N) is 3. The van der Waals surface area contributed by atoms with Gasteiger partial charge >= 0.3 is 0 Å². The van der Waals surface area contributed by atoms with E-state index >= 15 is 0 Å². The van der Waals surface area contributed by atoms with E-state index in [1.54, 1.807) is 12.3 Å². The highest BCUT2D eigenvalue weighted by atomic mass is 32.2. The zero-order valence-corrected chi connectivity index (χ0v) is 16.2. The smallest absolute Gasteiger partial charge is 0.235 e. The molecule has 2 atom stereocenters. The molecule has 0 bridgehead atoms. The van der Waals surface area contributed by atoms with Crippen LogP contribution in [0.2, 0.25) is 0 Å². The number of anilines is 1. The van der Waals surface area contributed by atoms with Gasteiger partial charge in [0.25, 0.3) is 0 Å². The molecule has 7 nitrogen and oxygen atoms in total. The van der Waals surface area contributed by atoms with Gasteiger partial charge < -0.3 is 10.2 Å². The summed E-state index contributed by atoms with van der Waals surface area (Å²) in [6.45, 7) is 3.50. The highest BCUT2D eigenvalue weighted by Gasteiger charge is 2.28. The highest BCUT2D eigenvalue weighted by Crippen LogP contribution is 2.31. The van der Waals surface area contributed by atoms with Crippen molar-refractivity contribution < 1.29 is 13.2 Å². The SMILES string of the molecule is C[C@H]1C[C@@H](NC(=O)CS(C)(=O)=O)CN(c2ccc(C#N)c3ncccc23)C1. The molecule has 1 saturated heterocycles. The molecule has 142 valence electrons. The fourth-order valence-electron chi connectivity index (χ4n) is 3.68. The topological polar surface area (TPSA) is 103 Å². The standard InChI is InChI=1S/C19H22N4O3S/c1-13-8-15(22-18(24)12-27(2,25)26)11-23(10-13)17-6-5-14(9-20)19-16(17)4-3-7-21-19/h3-7,13,15H,8,10-12H2,1-2H3,(H,22,24)/t13-,15+/m0/s1. The molecule has 0 unspecified atom stereocenters. The molecule has 2 heterocycles. The summed E-state index contributed by atoms with van der Waals surface area (Å²) in [5.41, 5.74) is 2.15. The van der Waals surface area contributed by atoms with Crippen molar-refractivity contribution in [3.05, 3.63) is 36.0 Å². The average Bonchev–Trinajstić information content (AvgIpc) is 2.58. The number of piperidine rings is 1. The summed E-state index contributed by atoms with van der Waals surface area (Å²) in [5, 5.41) is 13.1. The molecular formula is C19H22N4O3S. The van der Waals surface area contributed by atoms with Crippen molar-refractivity contribution in [1.29, 1.82) is 5.26 Å². The summed E-state index contributed by atoms with van der Waals surface area (Å²) in [6.07, 6.45) is 3.51. The van der Waals surface area contributed by atoms with Gasteiger partial charge in [-0.1, -0.05) is 6.92 Å². The van der Waals surface area contributed by atoms with Crippen LogP contribution in [0.3, 0.4) is 0 Å². The van der Waals surface area contributed by atoms with E-state index in [0.717, 1.165) is 30.3 Å². The Balaban J connectivity index is 1.86. The zero-order valence-electron chi connectivity index (χ0n) is 15.3. The van der Waals surface area contributed by atoms with Crippen molar-refractivity contribution in [3.8, 4) is 6.07 Å². The van der Waals surface area contributed by atoms with Crippen molar-refractivity contribution in [2.75, 3.05) is 30.0 Å². The summed E-state index contributed by atoms with van der Waals surface area (Å²) in [6, 6.07) is 9.49. The van der Waals surface area contributed by atoms with E-state index in [9.17, 15) is 18.5 Å². The molecule has 0 spiro atoms. The van der Waals surface area contributed by atoms with Gasteiger partial charge in [0.15, 0.2) is 9.84 Å². The van der Waals surface area contributed by atoms with Crippen LogP contribution in [0.25, 0.3) is 10.9 Å². The average molecular weight is 386 g/mol. The van der Waals surface area contributed by atoms with Gasteiger partial charge in [-0.3, -0.25) is 9.78 Å². The number of nitrogens with one attached hydrogen (secondary N) is 1. The van der Waals surface area contributed by atoms with E-state index < -0.39 is 21.5 Å². The van der Waals surface area contributed by atoms with Crippen molar-refractivity contribution in [3.63, 3.8) is 0 Å². The summed E-state index contributed by atoms with van der Waals surface area (Å²) in [5.74, 6) is -0.644. The zero-order chi connectivity index (χ0) is 19.6. The minimum atomic E-state index is -3.35. The molecule has 1 aromatic carbocycles. The van der Waals surface area contributed by atoms with Crippen LogP contribution in [0.1, 0.15) is 18.9 Å². The maximum atomic E-state index is 12.0. The monoisotopic (exact) mass is 386 g/mol. The molecule has 2 aromatic rings. The quantitative estimate of drug-likeness (QED) is 0.854. The van der Waals surface area contributed by atoms with E-state index in [1.165, 1.54) is 0 Å². The highest BCUT2D eigenvalue weighted by molar-refractivity contribution is 7.91. The lowest BCUT2D eigenvalue weighted by Gasteiger charge is -2.38. The molecule has 27 heavy (non-hydrogen) atoms. The molecule has 1 amide bonds. The Morgan fingerprint density at radius 1 is 1.37 bits per heavy atom. The van der Waals surface area contributed by atoms with E-state index in [4.69, 9.17) is 0 Å². The number of hydrogen-bond donors (Lipinski definition) is 1. The Labute approximate surface area is 158 Å². The molecule has 0 saturated carbocycles. The van der Waals surface area contributed by atoms with Crippen LogP contribution in [0.4, 0.5) is 5.69 Å². The number of aromatic nitrogens is 1. The molecule has 0 radical (unpaired) electrons. The summed E-state index contributed by atoms with van der Waals surface area (Å²) in [4.78, 5) is 18.5. The Bertz CT molecular complexity index is 1010. The second-order valence-corrected chi connectivity index (χ2v) is 9.36. The van der Waals surface area contributed by atoms with Crippen molar-refractivity contribution >= 4 is 32.3 Å². The third kappa shape index (κ3) is 4.55. The fraction of sp³-hybridized carbons (Fsp3) is 0.421. The molecule has 1 aliphatic heterocycles. The minimum Gasteiger partial charge on any atom is -0.369 e. The van der Waals surface area contributed by atoms with Crippen LogP contribution in [0.5, 0.6) is 0 Å². The Hall–Kier alpha value is -2.66. The van der Waals surface area contributed by atoms with Crippen LogP contribution < -0.4 is 10.2 Å². The van der Waals surface area contributed by atoms with Crippen LogP contribution in [0, 0.1) is 17.2 Å². The van der Waals surface area contributed by atoms with E-state index in [1.807, 2.05) is 18.2 Å². The Morgan fingerprint density at radius 3 is 2.85 bits per heavy atom. The number of carbonyl (C=O) groups is 1. The number of carbonyl (C=O) groups excluding carboxylic acids is 1. The maximum absolute atomic E-state index is 12.0. The lowest BCUT2D eigenvalue weighted by molar-refractivity contribution is -0.119. The van der Waals surface area contributed by atoms with E-state index in [2.05, 4.69) is 28.2 Å². The maximum Gasteiger partial charge on any atom is 0.235 e. The first-order valence-corrected chi connectivity index (χ1v) is 10.8. The lowest BCUT2D eigenvalue weighted by atomic mass is 9.94. The van der Waals surface area contributed by atoms with E-state index in [0.29, 0.717) is 23.5 Å². The largest absolute Gasteiger partial charge is 0.369 e. The van der Waals surface area contributed by atoms with Gasteiger partial charge in [-0.05, 0) is 36.6 Å². The number of hydrogen-bond acceptors (Lipinski definition) is 6. The normalized spacial score (nSPS) is 20.3. The number of benzene rings is 1. The number of fused-ring (bicyclic) bond motifs is 1. The fourth-order valence-corrected chi connectivity index (χ4v) is 4.24.